The fraction of sp³-hybridized carbons (Fsp3) is 0.682. The Morgan fingerprint density at radius 3 is 2.67 bits per heavy atom. The Morgan fingerprint density at radius 1 is 1.20 bits per heavy atom. The predicted molar refractivity (Wildman–Crippen MR) is 114 cm³/mol. The number of likely N-dealkylation sites (tertiary alicyclic amines) is 1. The maximum Gasteiger partial charge on any atom is 0.225 e. The minimum atomic E-state index is -0.0951. The molecule has 8 nitrogen and oxygen atoms in total. The molecule has 4 rings (SSSR count). The Bertz CT molecular complexity index is 854. The topological polar surface area (TPSA) is 68.4 Å². The van der Waals surface area contributed by atoms with Crippen LogP contribution in [0.15, 0.2) is 18.5 Å². The van der Waals surface area contributed by atoms with E-state index in [0.717, 1.165) is 36.6 Å². The van der Waals surface area contributed by atoms with E-state index in [0.29, 0.717) is 26.1 Å². The summed E-state index contributed by atoms with van der Waals surface area (Å²) in [5.41, 5.74) is 3.13. The first-order valence-corrected chi connectivity index (χ1v) is 11.1. The number of aromatic nitrogens is 4. The maximum absolute atomic E-state index is 13.3. The first kappa shape index (κ1) is 21.1. The molecule has 8 heteroatoms. The number of morpholine rings is 1. The van der Waals surface area contributed by atoms with Gasteiger partial charge in [-0.1, -0.05) is 6.42 Å². The van der Waals surface area contributed by atoms with Crippen molar-refractivity contribution in [1.82, 2.24) is 29.4 Å². The molecule has 4 heterocycles. The number of ether oxygens (including phenoxy) is 1. The second-order valence-electron chi connectivity index (χ2n) is 8.65. The van der Waals surface area contributed by atoms with E-state index in [2.05, 4.69) is 15.1 Å². The Morgan fingerprint density at radius 2 is 2.00 bits per heavy atom. The van der Waals surface area contributed by atoms with Crippen molar-refractivity contribution in [2.75, 3.05) is 32.8 Å². The summed E-state index contributed by atoms with van der Waals surface area (Å²) in [6, 6.07) is 1.95. The highest BCUT2D eigenvalue weighted by Crippen LogP contribution is 2.31. The molecule has 0 unspecified atom stereocenters. The fourth-order valence-corrected chi connectivity index (χ4v) is 4.80. The number of nitrogens with zero attached hydrogens (tertiary/aromatic N) is 6. The highest BCUT2D eigenvalue weighted by molar-refractivity contribution is 5.77. The second-order valence-corrected chi connectivity index (χ2v) is 8.65. The second kappa shape index (κ2) is 9.31. The zero-order valence-electron chi connectivity index (χ0n) is 18.5. The first-order valence-electron chi connectivity index (χ1n) is 11.1. The lowest BCUT2D eigenvalue weighted by Crippen LogP contribution is -2.52. The molecule has 1 amide bonds. The van der Waals surface area contributed by atoms with Gasteiger partial charge in [0.2, 0.25) is 5.91 Å². The lowest BCUT2D eigenvalue weighted by Gasteiger charge is -2.43. The normalized spacial score (nSPS) is 23.1. The van der Waals surface area contributed by atoms with E-state index in [1.165, 1.54) is 19.3 Å². The van der Waals surface area contributed by atoms with Crippen molar-refractivity contribution in [3.8, 4) is 0 Å². The number of hydrogen-bond donors (Lipinski definition) is 0. The molecular formula is C22H34N6O2. The van der Waals surface area contributed by atoms with E-state index < -0.39 is 0 Å². The van der Waals surface area contributed by atoms with Crippen molar-refractivity contribution in [2.24, 2.45) is 7.05 Å². The number of piperidine rings is 1. The highest BCUT2D eigenvalue weighted by Gasteiger charge is 2.38. The SMILES string of the molecule is Cc1cc(C)n(CCC(=O)N2CCO[C@@H](CN3CCCCC3)[C@@H]2c2cnn(C)c2)n1. The molecule has 2 atom stereocenters. The van der Waals surface area contributed by atoms with Gasteiger partial charge in [0.05, 0.1) is 30.6 Å². The van der Waals surface area contributed by atoms with Gasteiger partial charge in [-0.25, -0.2) is 0 Å². The van der Waals surface area contributed by atoms with Crippen LogP contribution in [-0.4, -0.2) is 74.2 Å². The zero-order valence-corrected chi connectivity index (χ0v) is 18.5. The van der Waals surface area contributed by atoms with Crippen LogP contribution in [0, 0.1) is 13.8 Å². The largest absolute Gasteiger partial charge is 0.373 e. The summed E-state index contributed by atoms with van der Waals surface area (Å²) in [4.78, 5) is 17.8. The van der Waals surface area contributed by atoms with Gasteiger partial charge in [-0.3, -0.25) is 14.2 Å². The molecule has 0 radical (unpaired) electrons. The third-order valence-electron chi connectivity index (χ3n) is 6.27. The minimum absolute atomic E-state index is 0.0290. The molecule has 30 heavy (non-hydrogen) atoms. The number of rotatable bonds is 6. The smallest absolute Gasteiger partial charge is 0.225 e. The van der Waals surface area contributed by atoms with Crippen molar-refractivity contribution in [2.45, 2.75) is 58.2 Å². The lowest BCUT2D eigenvalue weighted by molar-refractivity contribution is -0.149. The molecule has 2 aromatic heterocycles. The van der Waals surface area contributed by atoms with Gasteiger partial charge >= 0.3 is 0 Å². The molecule has 2 saturated heterocycles. The van der Waals surface area contributed by atoms with Gasteiger partial charge in [0, 0.05) is 50.6 Å². The van der Waals surface area contributed by atoms with Crippen LogP contribution < -0.4 is 0 Å². The minimum Gasteiger partial charge on any atom is -0.373 e. The van der Waals surface area contributed by atoms with Gasteiger partial charge < -0.3 is 14.5 Å². The monoisotopic (exact) mass is 414 g/mol. The van der Waals surface area contributed by atoms with E-state index in [-0.39, 0.29) is 18.1 Å². The van der Waals surface area contributed by atoms with Crippen LogP contribution in [0.4, 0.5) is 0 Å². The van der Waals surface area contributed by atoms with Crippen LogP contribution >= 0.6 is 0 Å². The van der Waals surface area contributed by atoms with E-state index in [1.807, 2.05) is 48.9 Å². The maximum atomic E-state index is 13.3. The van der Waals surface area contributed by atoms with Crippen LogP contribution in [0.1, 0.15) is 48.7 Å². The fourth-order valence-electron chi connectivity index (χ4n) is 4.80. The number of carbonyl (C=O) groups is 1. The van der Waals surface area contributed by atoms with Crippen LogP contribution in [0.5, 0.6) is 0 Å². The van der Waals surface area contributed by atoms with Crippen molar-refractivity contribution in [1.29, 1.82) is 0 Å². The molecular weight excluding hydrogens is 380 g/mol. The molecule has 2 aromatic rings. The summed E-state index contributed by atoms with van der Waals surface area (Å²) in [6.45, 7) is 8.92. The van der Waals surface area contributed by atoms with Gasteiger partial charge in [0.1, 0.15) is 0 Å². The summed E-state index contributed by atoms with van der Waals surface area (Å²) in [7, 11) is 1.92. The van der Waals surface area contributed by atoms with E-state index in [1.54, 1.807) is 4.68 Å². The van der Waals surface area contributed by atoms with Crippen molar-refractivity contribution >= 4 is 5.91 Å². The Hall–Kier alpha value is -2.19. The zero-order chi connectivity index (χ0) is 21.1. The molecule has 0 aliphatic carbocycles. The van der Waals surface area contributed by atoms with Crippen LogP contribution in [0.3, 0.4) is 0 Å². The average Bonchev–Trinajstić information content (AvgIpc) is 3.31. The summed E-state index contributed by atoms with van der Waals surface area (Å²) < 4.78 is 9.97. The quantitative estimate of drug-likeness (QED) is 0.724. The Labute approximate surface area is 178 Å². The third-order valence-corrected chi connectivity index (χ3v) is 6.27. The van der Waals surface area contributed by atoms with Crippen LogP contribution in [0.25, 0.3) is 0 Å². The van der Waals surface area contributed by atoms with Crippen molar-refractivity contribution < 1.29 is 9.53 Å². The van der Waals surface area contributed by atoms with Crippen molar-refractivity contribution in [3.63, 3.8) is 0 Å². The van der Waals surface area contributed by atoms with Crippen molar-refractivity contribution in [3.05, 3.63) is 35.4 Å². The molecule has 0 bridgehead atoms. The number of carbonyl (C=O) groups excluding carboxylic acids is 1. The molecule has 2 fully saturated rings. The van der Waals surface area contributed by atoms with Crippen LogP contribution in [0.2, 0.25) is 0 Å². The summed E-state index contributed by atoms with van der Waals surface area (Å²) >= 11 is 0. The number of amides is 1. The van der Waals surface area contributed by atoms with Crippen LogP contribution in [-0.2, 0) is 23.1 Å². The molecule has 0 N–H and O–H groups in total. The molecule has 0 saturated carbocycles. The summed E-state index contributed by atoms with van der Waals surface area (Å²) in [6.07, 6.45) is 8.11. The van der Waals surface area contributed by atoms with Gasteiger partial charge in [-0.2, -0.15) is 10.2 Å². The predicted octanol–water partition coefficient (Wildman–Crippen LogP) is 2.08. The van der Waals surface area contributed by atoms with E-state index >= 15 is 0 Å². The standard InChI is InChI=1S/C22H34N6O2/c1-17-13-18(2)28(24-17)10-7-21(29)27-11-12-30-20(16-26-8-5-4-6-9-26)22(27)19-14-23-25(3)15-19/h13-15,20,22H,4-12,16H2,1-3H3/t20-,22-/m0/s1. The number of aryl methyl sites for hydroxylation is 4. The van der Waals surface area contributed by atoms with Gasteiger partial charge in [-0.15, -0.1) is 0 Å². The van der Waals surface area contributed by atoms with Gasteiger partial charge in [0.25, 0.3) is 0 Å². The van der Waals surface area contributed by atoms with E-state index in [9.17, 15) is 4.79 Å². The number of hydrogen-bond acceptors (Lipinski definition) is 5. The molecule has 0 aromatic carbocycles. The molecule has 2 aliphatic heterocycles. The van der Waals surface area contributed by atoms with Gasteiger partial charge in [0.15, 0.2) is 0 Å². The van der Waals surface area contributed by atoms with E-state index in [4.69, 9.17) is 4.74 Å². The lowest BCUT2D eigenvalue weighted by atomic mass is 9.99. The Balaban J connectivity index is 1.50. The molecule has 0 spiro atoms. The Kier molecular flexibility index (Phi) is 6.53. The first-order chi connectivity index (χ1) is 14.5. The third kappa shape index (κ3) is 4.75. The molecule has 2 aliphatic rings. The molecule has 164 valence electrons. The average molecular weight is 415 g/mol. The summed E-state index contributed by atoms with van der Waals surface area (Å²) in [5.74, 6) is 0.156. The highest BCUT2D eigenvalue weighted by atomic mass is 16.5. The summed E-state index contributed by atoms with van der Waals surface area (Å²) in [5, 5.41) is 8.87. The van der Waals surface area contributed by atoms with Gasteiger partial charge in [-0.05, 0) is 45.8 Å².